The van der Waals surface area contributed by atoms with Gasteiger partial charge < -0.3 is 14.9 Å². The number of fused-ring (bicyclic) bond motifs is 4. The Morgan fingerprint density at radius 3 is 1.72 bits per heavy atom. The summed E-state index contributed by atoms with van der Waals surface area (Å²) in [5, 5.41) is 3.28. The van der Waals surface area contributed by atoms with E-state index < -0.39 is 29.9 Å². The standard InChI is InChI=1S/C38H28N2O6/c41-35(46-40-36(42)31-16-8-9-17-32(31)37(40)43)22-34(26-20-18-25(19-21-26)24-10-2-1-3-11-24)39-38(44)45-23-33-29-14-6-4-12-27(29)28-13-5-7-15-30(28)33/h1-21,33-34H,22-23H2,(H,39,44)/t34-/m0/s1. The molecule has 7 rings (SSSR count). The lowest BCUT2D eigenvalue weighted by molar-refractivity contribution is -0.169. The first-order chi connectivity index (χ1) is 22.5. The van der Waals surface area contributed by atoms with Gasteiger partial charge in [0.15, 0.2) is 0 Å². The first-order valence-corrected chi connectivity index (χ1v) is 14.9. The van der Waals surface area contributed by atoms with Crippen LogP contribution in [0, 0.1) is 0 Å². The SMILES string of the molecule is O=C(C[C@H](NC(=O)OCC1c2ccccc2-c2ccccc21)c1ccc(-c2ccccc2)cc1)ON1C(=O)c2ccccc2C1=O. The molecular formula is C38H28N2O6. The number of nitrogens with zero attached hydrogens (tertiary/aromatic N) is 1. The second kappa shape index (κ2) is 12.2. The Kier molecular flexibility index (Phi) is 7.60. The summed E-state index contributed by atoms with van der Waals surface area (Å²) in [7, 11) is 0. The number of imide groups is 1. The van der Waals surface area contributed by atoms with Crippen LogP contribution in [0.25, 0.3) is 22.3 Å². The topological polar surface area (TPSA) is 102 Å². The molecule has 226 valence electrons. The number of rotatable bonds is 8. The van der Waals surface area contributed by atoms with Gasteiger partial charge in [-0.25, -0.2) is 9.59 Å². The largest absolute Gasteiger partial charge is 0.449 e. The zero-order chi connectivity index (χ0) is 31.6. The van der Waals surface area contributed by atoms with Crippen molar-refractivity contribution in [1.29, 1.82) is 0 Å². The third-order valence-electron chi connectivity index (χ3n) is 8.38. The van der Waals surface area contributed by atoms with Gasteiger partial charge in [-0.1, -0.05) is 120 Å². The number of hydrogen-bond donors (Lipinski definition) is 1. The molecule has 46 heavy (non-hydrogen) atoms. The van der Waals surface area contributed by atoms with E-state index in [1.165, 1.54) is 12.1 Å². The number of nitrogens with one attached hydrogen (secondary N) is 1. The third kappa shape index (κ3) is 5.41. The molecule has 0 spiro atoms. The van der Waals surface area contributed by atoms with E-state index in [-0.39, 0.29) is 30.1 Å². The van der Waals surface area contributed by atoms with Crippen LogP contribution in [-0.4, -0.2) is 35.5 Å². The van der Waals surface area contributed by atoms with E-state index in [0.717, 1.165) is 33.4 Å². The number of benzene rings is 5. The van der Waals surface area contributed by atoms with Crippen LogP contribution in [0.2, 0.25) is 0 Å². The predicted molar refractivity (Wildman–Crippen MR) is 170 cm³/mol. The van der Waals surface area contributed by atoms with Gasteiger partial charge in [-0.2, -0.15) is 0 Å². The maximum atomic E-state index is 13.3. The van der Waals surface area contributed by atoms with Crippen molar-refractivity contribution in [1.82, 2.24) is 10.4 Å². The van der Waals surface area contributed by atoms with Crippen LogP contribution in [0.15, 0.2) is 127 Å². The van der Waals surface area contributed by atoms with Crippen LogP contribution in [-0.2, 0) is 14.4 Å². The summed E-state index contributed by atoms with van der Waals surface area (Å²) in [6.07, 6.45) is -1.07. The zero-order valence-corrected chi connectivity index (χ0v) is 24.6. The summed E-state index contributed by atoms with van der Waals surface area (Å²) in [6, 6.07) is 38.7. The lowest BCUT2D eigenvalue weighted by Gasteiger charge is -2.21. The molecule has 0 unspecified atom stereocenters. The highest BCUT2D eigenvalue weighted by atomic mass is 16.7. The van der Waals surface area contributed by atoms with Crippen molar-refractivity contribution in [2.24, 2.45) is 0 Å². The lowest BCUT2D eigenvalue weighted by Crippen LogP contribution is -2.36. The molecule has 2 aliphatic rings. The maximum Gasteiger partial charge on any atom is 0.407 e. The van der Waals surface area contributed by atoms with Crippen molar-refractivity contribution in [2.45, 2.75) is 18.4 Å². The summed E-state index contributed by atoms with van der Waals surface area (Å²) < 4.78 is 5.76. The lowest BCUT2D eigenvalue weighted by atomic mass is 9.98. The highest BCUT2D eigenvalue weighted by molar-refractivity contribution is 6.20. The van der Waals surface area contributed by atoms with E-state index in [9.17, 15) is 19.2 Å². The molecular weight excluding hydrogens is 580 g/mol. The first kappa shape index (κ1) is 28.7. The molecule has 0 bridgehead atoms. The summed E-state index contributed by atoms with van der Waals surface area (Å²) in [5.41, 5.74) is 7.28. The number of carbonyl (C=O) groups excluding carboxylic acids is 4. The molecule has 1 atom stereocenters. The molecule has 0 saturated heterocycles. The number of hydrogen-bond acceptors (Lipinski definition) is 6. The Balaban J connectivity index is 1.08. The molecule has 1 N–H and O–H groups in total. The number of hydroxylamine groups is 2. The summed E-state index contributed by atoms with van der Waals surface area (Å²) in [5.74, 6) is -2.45. The molecule has 1 aliphatic carbocycles. The molecule has 0 radical (unpaired) electrons. The normalized spacial score (nSPS) is 13.9. The minimum atomic E-state index is -0.872. The van der Waals surface area contributed by atoms with Gasteiger partial charge in [0, 0.05) is 5.92 Å². The van der Waals surface area contributed by atoms with Crippen LogP contribution >= 0.6 is 0 Å². The summed E-state index contributed by atoms with van der Waals surface area (Å²) in [6.45, 7) is 0.0962. The molecule has 5 aromatic carbocycles. The smallest absolute Gasteiger partial charge is 0.407 e. The maximum absolute atomic E-state index is 13.3. The van der Waals surface area contributed by atoms with E-state index in [0.29, 0.717) is 10.6 Å². The molecule has 8 nitrogen and oxygen atoms in total. The second-order valence-corrected chi connectivity index (χ2v) is 11.1. The van der Waals surface area contributed by atoms with Gasteiger partial charge in [-0.3, -0.25) is 9.59 Å². The van der Waals surface area contributed by atoms with Gasteiger partial charge in [0.2, 0.25) is 0 Å². The molecule has 3 amide bonds. The Hall–Kier alpha value is -6.02. The van der Waals surface area contributed by atoms with Crippen molar-refractivity contribution in [3.63, 3.8) is 0 Å². The van der Waals surface area contributed by atoms with Crippen molar-refractivity contribution in [2.75, 3.05) is 6.61 Å². The van der Waals surface area contributed by atoms with Crippen LogP contribution in [0.4, 0.5) is 4.79 Å². The zero-order valence-electron chi connectivity index (χ0n) is 24.6. The number of alkyl carbamates (subject to hydrolysis) is 1. The van der Waals surface area contributed by atoms with Crippen molar-refractivity contribution >= 4 is 23.9 Å². The monoisotopic (exact) mass is 608 g/mol. The van der Waals surface area contributed by atoms with Gasteiger partial charge in [0.05, 0.1) is 23.6 Å². The fourth-order valence-corrected chi connectivity index (χ4v) is 6.13. The Morgan fingerprint density at radius 1 is 0.630 bits per heavy atom. The third-order valence-corrected chi connectivity index (χ3v) is 8.38. The molecule has 1 aliphatic heterocycles. The van der Waals surface area contributed by atoms with Crippen LogP contribution < -0.4 is 5.32 Å². The van der Waals surface area contributed by atoms with Crippen molar-refractivity contribution in [3.05, 3.63) is 155 Å². The average molecular weight is 609 g/mol. The number of carbonyl (C=O) groups is 4. The summed E-state index contributed by atoms with van der Waals surface area (Å²) in [4.78, 5) is 57.3. The van der Waals surface area contributed by atoms with Gasteiger partial charge >= 0.3 is 12.1 Å². The molecule has 1 heterocycles. The van der Waals surface area contributed by atoms with Gasteiger partial charge in [0.1, 0.15) is 6.61 Å². The van der Waals surface area contributed by atoms with Crippen molar-refractivity contribution in [3.8, 4) is 22.3 Å². The number of amides is 3. The average Bonchev–Trinajstić information content (AvgIpc) is 3.54. The minimum absolute atomic E-state index is 0.0962. The molecule has 8 heteroatoms. The van der Waals surface area contributed by atoms with Gasteiger partial charge in [0.25, 0.3) is 11.8 Å². The Labute approximate surface area is 265 Å². The predicted octanol–water partition coefficient (Wildman–Crippen LogP) is 7.08. The van der Waals surface area contributed by atoms with Crippen LogP contribution in [0.3, 0.4) is 0 Å². The van der Waals surface area contributed by atoms with E-state index >= 15 is 0 Å². The minimum Gasteiger partial charge on any atom is -0.449 e. The summed E-state index contributed by atoms with van der Waals surface area (Å²) >= 11 is 0. The van der Waals surface area contributed by atoms with Gasteiger partial charge in [-0.05, 0) is 51.1 Å². The van der Waals surface area contributed by atoms with Crippen LogP contribution in [0.5, 0.6) is 0 Å². The van der Waals surface area contributed by atoms with E-state index in [1.807, 2.05) is 91.0 Å². The molecule has 0 aromatic heterocycles. The first-order valence-electron chi connectivity index (χ1n) is 14.9. The van der Waals surface area contributed by atoms with Crippen LogP contribution in [0.1, 0.15) is 55.8 Å². The highest BCUT2D eigenvalue weighted by Gasteiger charge is 2.39. The Bertz CT molecular complexity index is 1890. The van der Waals surface area contributed by atoms with Gasteiger partial charge in [-0.15, -0.1) is 0 Å². The van der Waals surface area contributed by atoms with E-state index in [4.69, 9.17) is 9.57 Å². The van der Waals surface area contributed by atoms with E-state index in [1.54, 1.807) is 12.1 Å². The number of ether oxygens (including phenoxy) is 1. The fraction of sp³-hybridized carbons (Fsp3) is 0.105. The molecule has 0 saturated carbocycles. The van der Waals surface area contributed by atoms with Crippen molar-refractivity contribution < 1.29 is 28.8 Å². The molecule has 5 aromatic rings. The Morgan fingerprint density at radius 2 is 1.13 bits per heavy atom. The van der Waals surface area contributed by atoms with E-state index in [2.05, 4.69) is 17.4 Å². The second-order valence-electron chi connectivity index (χ2n) is 11.1. The highest BCUT2D eigenvalue weighted by Crippen LogP contribution is 2.44. The fourth-order valence-electron chi connectivity index (χ4n) is 6.13. The quantitative estimate of drug-likeness (QED) is 0.189. The molecule has 0 fully saturated rings.